The molecule has 1 fully saturated rings. The summed E-state index contributed by atoms with van der Waals surface area (Å²) in [5.74, 6) is -0.966. The van der Waals surface area contributed by atoms with E-state index in [2.05, 4.69) is 22.5 Å². The van der Waals surface area contributed by atoms with E-state index in [-0.39, 0.29) is 5.75 Å². The number of phosphoric acid groups is 1. The monoisotopic (exact) mass is 332 g/mol. The number of aliphatic hydroxyl groups excluding tert-OH is 3. The third kappa shape index (κ3) is 4.65. The highest BCUT2D eigenvalue weighted by atomic mass is 32.1. The molecule has 5 N–H and O–H groups in total. The summed E-state index contributed by atoms with van der Waals surface area (Å²) in [6, 6.07) is -1.47. The highest BCUT2D eigenvalue weighted by molar-refractivity contribution is 7.81. The van der Waals surface area contributed by atoms with Gasteiger partial charge < -0.3 is 35.2 Å². The zero-order valence-electron chi connectivity index (χ0n) is 10.0. The van der Waals surface area contributed by atoms with Crippen molar-refractivity contribution in [2.45, 2.75) is 30.6 Å². The van der Waals surface area contributed by atoms with Crippen molar-refractivity contribution in [3.8, 4) is 0 Å². The molecule has 6 atom stereocenters. The Morgan fingerprint density at radius 2 is 2.05 bits per heavy atom. The van der Waals surface area contributed by atoms with Crippen molar-refractivity contribution in [1.29, 1.82) is 0 Å². The quantitative estimate of drug-likeness (QED) is 0.219. The molecule has 0 aromatic rings. The predicted molar refractivity (Wildman–Crippen MR) is 64.5 cm³/mol. The minimum atomic E-state index is -5.23. The van der Waals surface area contributed by atoms with Crippen LogP contribution in [0.4, 0.5) is 0 Å². The highest BCUT2D eigenvalue weighted by Crippen LogP contribution is 2.36. The number of hydrogen-bond donors (Lipinski definition) is 6. The normalized spacial score (nSPS) is 37.2. The first-order valence-corrected chi connectivity index (χ1v) is 7.57. The molecule has 1 heterocycles. The average molecular weight is 332 g/mol. The van der Waals surface area contributed by atoms with Gasteiger partial charge in [-0.1, -0.05) is 0 Å². The van der Waals surface area contributed by atoms with Crippen molar-refractivity contribution in [3.63, 3.8) is 0 Å². The largest absolute Gasteiger partial charge is 0.756 e. The predicted octanol–water partition coefficient (Wildman–Crippen LogP) is -3.68. The van der Waals surface area contributed by atoms with E-state index in [9.17, 15) is 24.5 Å². The van der Waals surface area contributed by atoms with Crippen LogP contribution in [0.5, 0.6) is 0 Å². The number of rotatable bonds is 5. The van der Waals surface area contributed by atoms with Crippen molar-refractivity contribution < 1.29 is 43.7 Å². The van der Waals surface area contributed by atoms with Gasteiger partial charge in [0.15, 0.2) is 6.29 Å². The van der Waals surface area contributed by atoms with Crippen LogP contribution in [0.2, 0.25) is 0 Å². The second kappa shape index (κ2) is 7.16. The first-order valence-electron chi connectivity index (χ1n) is 5.44. The molecule has 0 saturated carbocycles. The van der Waals surface area contributed by atoms with Gasteiger partial charge in [0, 0.05) is 0 Å². The van der Waals surface area contributed by atoms with Gasteiger partial charge in [0.1, 0.15) is 24.4 Å². The summed E-state index contributed by atoms with van der Waals surface area (Å²) in [5, 5.41) is 30.5. The Morgan fingerprint density at radius 1 is 1.45 bits per heavy atom. The number of carbonyl (C=O) groups is 1. The minimum Gasteiger partial charge on any atom is -0.756 e. The molecular weight excluding hydrogens is 317 g/mol. The number of thiol groups is 1. The Kier molecular flexibility index (Phi) is 6.38. The molecule has 0 aromatic carbocycles. The number of carbonyl (C=O) groups excluding carboxylic acids is 1. The van der Waals surface area contributed by atoms with Crippen LogP contribution >= 0.6 is 20.5 Å². The second-order valence-electron chi connectivity index (χ2n) is 4.03. The summed E-state index contributed by atoms with van der Waals surface area (Å²) in [6.07, 6.45) is -6.41. The molecule has 118 valence electrons. The highest BCUT2D eigenvalue weighted by Gasteiger charge is 2.46. The van der Waals surface area contributed by atoms with Crippen molar-refractivity contribution in [3.05, 3.63) is 0 Å². The maximum atomic E-state index is 11.2. The van der Waals surface area contributed by atoms with E-state index >= 15 is 0 Å². The molecule has 0 aromatic heterocycles. The fourth-order valence-corrected chi connectivity index (χ4v) is 2.22. The van der Waals surface area contributed by atoms with Crippen LogP contribution in [0.25, 0.3) is 0 Å². The third-order valence-electron chi connectivity index (χ3n) is 2.59. The van der Waals surface area contributed by atoms with Crippen molar-refractivity contribution in [2.75, 3.05) is 12.4 Å². The lowest BCUT2D eigenvalue weighted by Crippen LogP contribution is -2.64. The van der Waals surface area contributed by atoms with Gasteiger partial charge in [0.2, 0.25) is 5.91 Å². The second-order valence-corrected chi connectivity index (χ2v) is 5.50. The van der Waals surface area contributed by atoms with Crippen molar-refractivity contribution >= 4 is 26.4 Å². The average Bonchev–Trinajstić information content (AvgIpc) is 2.36. The fraction of sp³-hybridized carbons (Fsp3) is 0.875. The number of ether oxygens (including phenoxy) is 1. The van der Waals surface area contributed by atoms with Gasteiger partial charge >= 0.3 is 0 Å². The molecule has 1 aliphatic heterocycles. The lowest BCUT2D eigenvalue weighted by Gasteiger charge is -2.43. The molecule has 0 radical (unpaired) electrons. The van der Waals surface area contributed by atoms with E-state index in [1.807, 2.05) is 0 Å². The Morgan fingerprint density at radius 3 is 2.50 bits per heavy atom. The van der Waals surface area contributed by atoms with Crippen molar-refractivity contribution in [1.82, 2.24) is 5.32 Å². The summed E-state index contributed by atoms with van der Waals surface area (Å²) < 4.78 is 19.8. The summed E-state index contributed by atoms with van der Waals surface area (Å²) >= 11 is 3.68. The zero-order chi connectivity index (χ0) is 15.5. The third-order valence-corrected chi connectivity index (χ3v) is 3.35. The fourth-order valence-electron chi connectivity index (χ4n) is 1.69. The van der Waals surface area contributed by atoms with Crippen LogP contribution in [0.3, 0.4) is 0 Å². The number of phosphoric ester groups is 1. The van der Waals surface area contributed by atoms with Crippen LogP contribution < -0.4 is 10.2 Å². The maximum absolute atomic E-state index is 11.2. The van der Waals surface area contributed by atoms with Gasteiger partial charge in [-0.25, -0.2) is 0 Å². The van der Waals surface area contributed by atoms with Crippen LogP contribution in [0.15, 0.2) is 0 Å². The van der Waals surface area contributed by atoms with Gasteiger partial charge in [-0.05, 0) is 0 Å². The van der Waals surface area contributed by atoms with Gasteiger partial charge in [-0.2, -0.15) is 12.6 Å². The van der Waals surface area contributed by atoms with E-state index in [1.165, 1.54) is 0 Å². The molecule has 1 rings (SSSR count). The summed E-state index contributed by atoms with van der Waals surface area (Å²) in [6.45, 7) is -0.736. The molecule has 1 saturated heterocycles. The Hall–Kier alpha value is -0.230. The van der Waals surface area contributed by atoms with Gasteiger partial charge in [-0.15, -0.1) is 0 Å². The first-order chi connectivity index (χ1) is 9.19. The van der Waals surface area contributed by atoms with E-state index in [0.717, 1.165) is 0 Å². The van der Waals surface area contributed by atoms with E-state index < -0.39 is 51.0 Å². The van der Waals surface area contributed by atoms with Crippen molar-refractivity contribution in [2.24, 2.45) is 0 Å². The lowest BCUT2D eigenvalue weighted by molar-refractivity contribution is -0.280. The number of hydrogen-bond acceptors (Lipinski definition) is 9. The lowest BCUT2D eigenvalue weighted by atomic mass is 9.97. The molecule has 0 bridgehead atoms. The number of amides is 1. The summed E-state index contributed by atoms with van der Waals surface area (Å²) in [5.41, 5.74) is 0. The smallest absolute Gasteiger partial charge is 0.267 e. The SMILES string of the molecule is O=C(CS)NC1C(O)[C@H](O)C(CO)O[C@@H]1OP(=O)([O-])O. The van der Waals surface area contributed by atoms with Gasteiger partial charge in [-0.3, -0.25) is 13.9 Å². The minimum absolute atomic E-state index is 0.274. The van der Waals surface area contributed by atoms with Crippen LogP contribution in [-0.2, 0) is 18.6 Å². The maximum Gasteiger partial charge on any atom is 0.267 e. The van der Waals surface area contributed by atoms with Crippen LogP contribution in [-0.4, -0.2) is 69.1 Å². The summed E-state index contributed by atoms with van der Waals surface area (Å²) in [7, 11) is -5.23. The Bertz CT molecular complexity index is 390. The molecule has 20 heavy (non-hydrogen) atoms. The number of nitrogens with one attached hydrogen (secondary N) is 1. The molecule has 4 unspecified atom stereocenters. The van der Waals surface area contributed by atoms with E-state index in [0.29, 0.717) is 0 Å². The topological polar surface area (TPSA) is 169 Å². The molecule has 1 amide bonds. The van der Waals surface area contributed by atoms with Gasteiger partial charge in [0.05, 0.1) is 12.4 Å². The first kappa shape index (κ1) is 17.8. The zero-order valence-corrected chi connectivity index (χ0v) is 11.8. The van der Waals surface area contributed by atoms with E-state index in [1.54, 1.807) is 0 Å². The Labute approximate surface area is 119 Å². The standard InChI is InChI=1S/C8H16NO9PS/c10-1-3-6(12)7(13)5(9-4(11)2-20)8(17-3)18-19(14,15)16/h3,5-8,10,12-13,20H,1-2H2,(H,9,11)(H2,14,15,16)/p-1/t3?,5?,6-,7?,8-/m1/s1. The molecule has 10 nitrogen and oxygen atoms in total. The molecule has 0 spiro atoms. The van der Waals surface area contributed by atoms with E-state index in [4.69, 9.17) is 14.7 Å². The van der Waals surface area contributed by atoms with Gasteiger partial charge in [0.25, 0.3) is 7.82 Å². The van der Waals surface area contributed by atoms with Crippen LogP contribution in [0, 0.1) is 0 Å². The molecule has 0 aliphatic carbocycles. The Balaban J connectivity index is 2.93. The molecule has 1 aliphatic rings. The molecular formula is C8H15NO9PS-. The molecule has 12 heteroatoms. The van der Waals surface area contributed by atoms with Crippen LogP contribution in [0.1, 0.15) is 0 Å². The summed E-state index contributed by atoms with van der Waals surface area (Å²) in [4.78, 5) is 30.6. The number of aliphatic hydroxyl groups is 3.